The van der Waals surface area contributed by atoms with Crippen LogP contribution in [-0.2, 0) is 0 Å². The topological polar surface area (TPSA) is 25.8 Å². The summed E-state index contributed by atoms with van der Waals surface area (Å²) in [5.41, 5.74) is 2.38. The van der Waals surface area contributed by atoms with Crippen molar-refractivity contribution >= 4 is 0 Å². The highest BCUT2D eigenvalue weighted by atomic mass is 19.1. The van der Waals surface area contributed by atoms with Crippen molar-refractivity contribution in [3.63, 3.8) is 0 Å². The van der Waals surface area contributed by atoms with Crippen LogP contribution in [0.15, 0.2) is 60.9 Å². The van der Waals surface area contributed by atoms with E-state index in [-0.39, 0.29) is 5.56 Å². The molecule has 0 saturated carbocycles. The Kier molecular flexibility index (Phi) is 3.21. The summed E-state index contributed by atoms with van der Waals surface area (Å²) in [6, 6.07) is 12.5. The molecule has 0 fully saturated rings. The van der Waals surface area contributed by atoms with Crippen molar-refractivity contribution in [1.29, 1.82) is 0 Å². The largest absolute Gasteiger partial charge is 0.256 e. The van der Waals surface area contributed by atoms with Gasteiger partial charge in [0.15, 0.2) is 0 Å². The zero-order valence-corrected chi connectivity index (χ0v) is 10.4. The average Bonchev–Trinajstić information content (AvgIpc) is 2.48. The van der Waals surface area contributed by atoms with E-state index in [1.54, 1.807) is 18.5 Å². The molecule has 1 aromatic carbocycles. The molecule has 0 atom stereocenters. The van der Waals surface area contributed by atoms with E-state index < -0.39 is 11.6 Å². The highest BCUT2D eigenvalue weighted by Gasteiger charge is 2.08. The van der Waals surface area contributed by atoms with Crippen LogP contribution in [0.4, 0.5) is 8.78 Å². The number of benzene rings is 1. The van der Waals surface area contributed by atoms with Gasteiger partial charge in [-0.05, 0) is 36.4 Å². The number of hydrogen-bond donors (Lipinski definition) is 0. The second-order valence-corrected chi connectivity index (χ2v) is 4.27. The van der Waals surface area contributed by atoms with Crippen LogP contribution in [0, 0.1) is 11.6 Å². The van der Waals surface area contributed by atoms with Crippen LogP contribution in [0.1, 0.15) is 0 Å². The van der Waals surface area contributed by atoms with Gasteiger partial charge in [-0.1, -0.05) is 6.07 Å². The first kappa shape index (κ1) is 12.4. The first-order chi connectivity index (χ1) is 9.74. The van der Waals surface area contributed by atoms with Gasteiger partial charge < -0.3 is 0 Å². The fourth-order valence-corrected chi connectivity index (χ4v) is 1.94. The Hall–Kier alpha value is -2.62. The molecule has 20 heavy (non-hydrogen) atoms. The molecule has 0 aliphatic heterocycles. The van der Waals surface area contributed by atoms with Crippen molar-refractivity contribution in [3.05, 3.63) is 72.6 Å². The molecule has 0 radical (unpaired) electrons. The number of halogens is 2. The molecule has 0 bridgehead atoms. The third-order valence-electron chi connectivity index (χ3n) is 2.93. The number of aromatic nitrogens is 2. The molecule has 0 N–H and O–H groups in total. The van der Waals surface area contributed by atoms with Crippen molar-refractivity contribution in [3.8, 4) is 22.5 Å². The van der Waals surface area contributed by atoms with E-state index in [0.717, 1.165) is 17.3 Å². The van der Waals surface area contributed by atoms with Gasteiger partial charge in [0, 0.05) is 29.6 Å². The molecule has 0 aliphatic carbocycles. The van der Waals surface area contributed by atoms with Crippen LogP contribution in [0.5, 0.6) is 0 Å². The quantitative estimate of drug-likeness (QED) is 0.699. The maximum Gasteiger partial charge on any atom is 0.135 e. The number of nitrogens with zero attached hydrogens (tertiary/aromatic N) is 2. The Morgan fingerprint density at radius 2 is 1.70 bits per heavy atom. The molecule has 2 heterocycles. The summed E-state index contributed by atoms with van der Waals surface area (Å²) in [6.45, 7) is 0. The van der Waals surface area contributed by atoms with Gasteiger partial charge >= 0.3 is 0 Å². The minimum atomic E-state index is -0.622. The normalized spacial score (nSPS) is 10.5. The minimum absolute atomic E-state index is 0.277. The number of rotatable bonds is 2. The van der Waals surface area contributed by atoms with E-state index in [1.807, 2.05) is 24.3 Å². The molecule has 98 valence electrons. The molecule has 2 nitrogen and oxygen atoms in total. The Morgan fingerprint density at radius 3 is 2.35 bits per heavy atom. The van der Waals surface area contributed by atoms with Gasteiger partial charge in [-0.2, -0.15) is 0 Å². The van der Waals surface area contributed by atoms with Crippen LogP contribution >= 0.6 is 0 Å². The first-order valence-corrected chi connectivity index (χ1v) is 6.07. The molecule has 0 amide bonds. The standard InChI is InChI=1S/C16H10F2N2/c17-12-5-6-13(14(18)9-12)16-7-4-11(10-20-16)15-3-1-2-8-19-15/h1-10H. The molecule has 4 heteroatoms. The second-order valence-electron chi connectivity index (χ2n) is 4.27. The van der Waals surface area contributed by atoms with Gasteiger partial charge in [-0.3, -0.25) is 9.97 Å². The fourth-order valence-electron chi connectivity index (χ4n) is 1.94. The van der Waals surface area contributed by atoms with Crippen molar-refractivity contribution in [2.45, 2.75) is 0 Å². The Morgan fingerprint density at radius 1 is 0.800 bits per heavy atom. The molecule has 0 unspecified atom stereocenters. The Bertz CT molecular complexity index is 725. The molecule has 0 spiro atoms. The highest BCUT2D eigenvalue weighted by molar-refractivity contribution is 5.64. The lowest BCUT2D eigenvalue weighted by molar-refractivity contribution is 0.585. The Balaban J connectivity index is 1.97. The van der Waals surface area contributed by atoms with Gasteiger partial charge in [0.1, 0.15) is 11.6 Å². The highest BCUT2D eigenvalue weighted by Crippen LogP contribution is 2.23. The molecule has 0 saturated heterocycles. The third-order valence-corrected chi connectivity index (χ3v) is 2.93. The van der Waals surface area contributed by atoms with Gasteiger partial charge in [-0.25, -0.2) is 8.78 Å². The van der Waals surface area contributed by atoms with E-state index in [9.17, 15) is 8.78 Å². The van der Waals surface area contributed by atoms with E-state index in [2.05, 4.69) is 9.97 Å². The van der Waals surface area contributed by atoms with Crippen LogP contribution in [0.2, 0.25) is 0 Å². The van der Waals surface area contributed by atoms with Crippen LogP contribution in [0.25, 0.3) is 22.5 Å². The third kappa shape index (κ3) is 2.40. The van der Waals surface area contributed by atoms with Gasteiger partial charge in [0.2, 0.25) is 0 Å². The number of pyridine rings is 2. The summed E-state index contributed by atoms with van der Waals surface area (Å²) < 4.78 is 26.5. The average molecular weight is 268 g/mol. The minimum Gasteiger partial charge on any atom is -0.256 e. The zero-order valence-electron chi connectivity index (χ0n) is 10.4. The van der Waals surface area contributed by atoms with Crippen molar-refractivity contribution in [2.75, 3.05) is 0 Å². The fraction of sp³-hybridized carbons (Fsp3) is 0. The zero-order chi connectivity index (χ0) is 13.9. The number of hydrogen-bond acceptors (Lipinski definition) is 2. The second kappa shape index (κ2) is 5.17. The molecule has 0 aliphatic rings. The summed E-state index contributed by atoms with van der Waals surface area (Å²) in [4.78, 5) is 8.43. The van der Waals surface area contributed by atoms with Gasteiger partial charge in [-0.15, -0.1) is 0 Å². The lowest BCUT2D eigenvalue weighted by Crippen LogP contribution is -1.90. The SMILES string of the molecule is Fc1ccc(-c2ccc(-c3ccccn3)cn2)c(F)c1. The van der Waals surface area contributed by atoms with Crippen molar-refractivity contribution in [2.24, 2.45) is 0 Å². The summed E-state index contributed by atoms with van der Waals surface area (Å²) in [5, 5.41) is 0. The maximum atomic E-state index is 13.7. The van der Waals surface area contributed by atoms with Crippen molar-refractivity contribution in [1.82, 2.24) is 9.97 Å². The molecule has 3 rings (SSSR count). The molecule has 2 aromatic heterocycles. The van der Waals surface area contributed by atoms with E-state index in [1.165, 1.54) is 12.1 Å². The molecular formula is C16H10F2N2. The molecule has 3 aromatic rings. The summed E-state index contributed by atoms with van der Waals surface area (Å²) in [6.07, 6.45) is 3.32. The van der Waals surface area contributed by atoms with Gasteiger partial charge in [0.05, 0.1) is 11.4 Å². The van der Waals surface area contributed by atoms with Crippen molar-refractivity contribution < 1.29 is 8.78 Å². The molecular weight excluding hydrogens is 258 g/mol. The monoisotopic (exact) mass is 268 g/mol. The summed E-state index contributed by atoms with van der Waals surface area (Å²) in [7, 11) is 0. The van der Waals surface area contributed by atoms with Crippen LogP contribution < -0.4 is 0 Å². The van der Waals surface area contributed by atoms with E-state index >= 15 is 0 Å². The summed E-state index contributed by atoms with van der Waals surface area (Å²) >= 11 is 0. The summed E-state index contributed by atoms with van der Waals surface area (Å²) in [5.74, 6) is -1.22. The first-order valence-electron chi connectivity index (χ1n) is 6.07. The van der Waals surface area contributed by atoms with Crippen LogP contribution in [0.3, 0.4) is 0 Å². The maximum absolute atomic E-state index is 13.7. The van der Waals surface area contributed by atoms with Gasteiger partial charge in [0.25, 0.3) is 0 Å². The Labute approximate surface area is 114 Å². The smallest absolute Gasteiger partial charge is 0.135 e. The lowest BCUT2D eigenvalue weighted by atomic mass is 10.1. The predicted octanol–water partition coefficient (Wildman–Crippen LogP) is 4.09. The van der Waals surface area contributed by atoms with E-state index in [0.29, 0.717) is 5.69 Å². The van der Waals surface area contributed by atoms with Crippen LogP contribution in [-0.4, -0.2) is 9.97 Å². The van der Waals surface area contributed by atoms with E-state index in [4.69, 9.17) is 0 Å². The predicted molar refractivity (Wildman–Crippen MR) is 72.8 cm³/mol. The lowest BCUT2D eigenvalue weighted by Gasteiger charge is -2.04.